The van der Waals surface area contributed by atoms with Gasteiger partial charge in [0.05, 0.1) is 6.61 Å². The van der Waals surface area contributed by atoms with Crippen molar-refractivity contribution in [2.75, 3.05) is 6.61 Å². The van der Waals surface area contributed by atoms with Gasteiger partial charge in [-0.3, -0.25) is 0 Å². The zero-order valence-corrected chi connectivity index (χ0v) is 15.2. The highest BCUT2D eigenvalue weighted by molar-refractivity contribution is 5.31. The maximum absolute atomic E-state index is 5.85. The molecule has 24 heavy (non-hydrogen) atoms. The van der Waals surface area contributed by atoms with Crippen LogP contribution in [-0.4, -0.2) is 6.61 Å². The standard InChI is InChI=1S/C22H30O2/c1-18(2)9-10-19(3)15-16-23-21-11-13-22(14-12-21)24-17-20-7-5-4-6-8-20/h4-8,11-14,18-19H,9-10,15-17H2,1-3H3/t19-/m0/s1. The largest absolute Gasteiger partial charge is 0.494 e. The second-order valence-electron chi connectivity index (χ2n) is 6.96. The third kappa shape index (κ3) is 7.08. The second-order valence-corrected chi connectivity index (χ2v) is 6.96. The molecule has 2 aromatic rings. The van der Waals surface area contributed by atoms with Crippen LogP contribution in [0, 0.1) is 11.8 Å². The van der Waals surface area contributed by atoms with Gasteiger partial charge < -0.3 is 9.47 Å². The van der Waals surface area contributed by atoms with Gasteiger partial charge in [0.2, 0.25) is 0 Å². The van der Waals surface area contributed by atoms with Crippen molar-refractivity contribution >= 4 is 0 Å². The molecule has 0 fully saturated rings. The molecule has 2 rings (SSSR count). The monoisotopic (exact) mass is 326 g/mol. The van der Waals surface area contributed by atoms with E-state index >= 15 is 0 Å². The molecule has 0 N–H and O–H groups in total. The number of ether oxygens (including phenoxy) is 2. The summed E-state index contributed by atoms with van der Waals surface area (Å²) < 4.78 is 11.6. The van der Waals surface area contributed by atoms with E-state index < -0.39 is 0 Å². The molecule has 0 aliphatic rings. The van der Waals surface area contributed by atoms with Gasteiger partial charge in [-0.2, -0.15) is 0 Å². The third-order valence-electron chi connectivity index (χ3n) is 4.19. The molecule has 0 aliphatic heterocycles. The molecule has 0 heterocycles. The van der Waals surface area contributed by atoms with Gasteiger partial charge in [-0.15, -0.1) is 0 Å². The van der Waals surface area contributed by atoms with Crippen molar-refractivity contribution in [3.05, 3.63) is 60.2 Å². The van der Waals surface area contributed by atoms with Crippen LogP contribution in [0.15, 0.2) is 54.6 Å². The lowest BCUT2D eigenvalue weighted by Gasteiger charge is -2.14. The van der Waals surface area contributed by atoms with Crippen LogP contribution in [0.5, 0.6) is 11.5 Å². The predicted molar refractivity (Wildman–Crippen MR) is 101 cm³/mol. The first-order valence-corrected chi connectivity index (χ1v) is 9.03. The molecule has 0 amide bonds. The summed E-state index contributed by atoms with van der Waals surface area (Å²) in [5.74, 6) is 3.30. The highest BCUT2D eigenvalue weighted by Crippen LogP contribution is 2.20. The first-order valence-electron chi connectivity index (χ1n) is 9.03. The van der Waals surface area contributed by atoms with Gasteiger partial charge in [0.1, 0.15) is 18.1 Å². The summed E-state index contributed by atoms with van der Waals surface area (Å²) in [4.78, 5) is 0. The summed E-state index contributed by atoms with van der Waals surface area (Å²) in [5, 5.41) is 0. The van der Waals surface area contributed by atoms with E-state index in [2.05, 4.69) is 32.9 Å². The SMILES string of the molecule is CC(C)CC[C@H](C)CCOc1ccc(OCc2ccccc2)cc1. The fourth-order valence-electron chi connectivity index (χ4n) is 2.51. The number of hydrogen-bond donors (Lipinski definition) is 0. The predicted octanol–water partition coefficient (Wildman–Crippen LogP) is 6.11. The first-order chi connectivity index (χ1) is 11.6. The molecule has 0 radical (unpaired) electrons. The molecule has 2 aromatic carbocycles. The van der Waals surface area contributed by atoms with Crippen LogP contribution in [0.3, 0.4) is 0 Å². The van der Waals surface area contributed by atoms with Crippen molar-refractivity contribution in [1.82, 2.24) is 0 Å². The molecular weight excluding hydrogens is 296 g/mol. The maximum Gasteiger partial charge on any atom is 0.120 e. The molecule has 130 valence electrons. The van der Waals surface area contributed by atoms with Gasteiger partial charge in [-0.05, 0) is 48.1 Å². The molecule has 0 saturated carbocycles. The van der Waals surface area contributed by atoms with Gasteiger partial charge in [-0.25, -0.2) is 0 Å². The van der Waals surface area contributed by atoms with E-state index in [0.29, 0.717) is 6.61 Å². The summed E-state index contributed by atoms with van der Waals surface area (Å²) in [5.41, 5.74) is 1.17. The minimum atomic E-state index is 0.592. The van der Waals surface area contributed by atoms with Crippen LogP contribution in [-0.2, 0) is 6.61 Å². The average Bonchev–Trinajstić information content (AvgIpc) is 2.60. The van der Waals surface area contributed by atoms with E-state index in [-0.39, 0.29) is 0 Å². The normalized spacial score (nSPS) is 12.2. The molecule has 0 bridgehead atoms. The van der Waals surface area contributed by atoms with Crippen LogP contribution in [0.25, 0.3) is 0 Å². The molecule has 2 nitrogen and oxygen atoms in total. The number of hydrogen-bond acceptors (Lipinski definition) is 2. The van der Waals surface area contributed by atoms with Gasteiger partial charge in [0.15, 0.2) is 0 Å². The van der Waals surface area contributed by atoms with E-state index in [9.17, 15) is 0 Å². The lowest BCUT2D eigenvalue weighted by Crippen LogP contribution is -2.05. The van der Waals surface area contributed by atoms with Crippen LogP contribution in [0.1, 0.15) is 45.6 Å². The Morgan fingerprint density at radius 1 is 0.708 bits per heavy atom. The Morgan fingerprint density at radius 2 is 1.33 bits per heavy atom. The molecule has 2 heteroatoms. The van der Waals surface area contributed by atoms with Crippen LogP contribution in [0.4, 0.5) is 0 Å². The minimum Gasteiger partial charge on any atom is -0.494 e. The summed E-state index contributed by atoms with van der Waals surface area (Å²) >= 11 is 0. The Kier molecular flexibility index (Phi) is 7.67. The average molecular weight is 326 g/mol. The van der Waals surface area contributed by atoms with Crippen LogP contribution < -0.4 is 9.47 Å². The van der Waals surface area contributed by atoms with Crippen molar-refractivity contribution < 1.29 is 9.47 Å². The lowest BCUT2D eigenvalue weighted by molar-refractivity contribution is 0.272. The summed E-state index contributed by atoms with van der Waals surface area (Å²) in [6.07, 6.45) is 3.70. The highest BCUT2D eigenvalue weighted by atomic mass is 16.5. The molecule has 0 saturated heterocycles. The van der Waals surface area contributed by atoms with E-state index in [1.54, 1.807) is 0 Å². The van der Waals surface area contributed by atoms with Gasteiger partial charge >= 0.3 is 0 Å². The molecular formula is C22H30O2. The van der Waals surface area contributed by atoms with Gasteiger partial charge in [-0.1, -0.05) is 63.9 Å². The Balaban J connectivity index is 1.68. The Bertz CT molecular complexity index is 560. The van der Waals surface area contributed by atoms with Crippen LogP contribution >= 0.6 is 0 Å². The van der Waals surface area contributed by atoms with Crippen molar-refractivity contribution in [1.29, 1.82) is 0 Å². The minimum absolute atomic E-state index is 0.592. The third-order valence-corrected chi connectivity index (χ3v) is 4.19. The van der Waals surface area contributed by atoms with E-state index in [0.717, 1.165) is 36.4 Å². The van der Waals surface area contributed by atoms with Crippen molar-refractivity contribution in [3.63, 3.8) is 0 Å². The Labute approximate surface area is 146 Å². The number of benzene rings is 2. The molecule has 0 spiro atoms. The van der Waals surface area contributed by atoms with Crippen molar-refractivity contribution in [2.45, 2.75) is 46.6 Å². The fraction of sp³-hybridized carbons (Fsp3) is 0.455. The van der Waals surface area contributed by atoms with Gasteiger partial charge in [0.25, 0.3) is 0 Å². The van der Waals surface area contributed by atoms with E-state index in [4.69, 9.17) is 9.47 Å². The van der Waals surface area contributed by atoms with Crippen molar-refractivity contribution in [3.8, 4) is 11.5 Å². The summed E-state index contributed by atoms with van der Waals surface area (Å²) in [6.45, 7) is 8.25. The molecule has 1 atom stereocenters. The summed E-state index contributed by atoms with van der Waals surface area (Å²) in [7, 11) is 0. The zero-order chi connectivity index (χ0) is 17.2. The lowest BCUT2D eigenvalue weighted by atomic mass is 9.97. The summed E-state index contributed by atoms with van der Waals surface area (Å²) in [6, 6.07) is 18.1. The molecule has 0 aromatic heterocycles. The Hall–Kier alpha value is -1.96. The zero-order valence-electron chi connectivity index (χ0n) is 15.2. The van der Waals surface area contributed by atoms with Crippen molar-refractivity contribution in [2.24, 2.45) is 11.8 Å². The first kappa shape index (κ1) is 18.4. The number of rotatable bonds is 10. The van der Waals surface area contributed by atoms with Gasteiger partial charge in [0, 0.05) is 0 Å². The smallest absolute Gasteiger partial charge is 0.120 e. The quantitative estimate of drug-likeness (QED) is 0.524. The Morgan fingerprint density at radius 3 is 1.96 bits per heavy atom. The van der Waals surface area contributed by atoms with Crippen LogP contribution in [0.2, 0.25) is 0 Å². The van der Waals surface area contributed by atoms with E-state index in [1.807, 2.05) is 42.5 Å². The van der Waals surface area contributed by atoms with E-state index in [1.165, 1.54) is 18.4 Å². The fourth-order valence-corrected chi connectivity index (χ4v) is 2.51. The highest BCUT2D eigenvalue weighted by Gasteiger charge is 2.05. The maximum atomic E-state index is 5.85. The molecule has 0 aliphatic carbocycles. The molecule has 0 unspecified atom stereocenters. The topological polar surface area (TPSA) is 18.5 Å². The second kappa shape index (κ2) is 10.0.